The maximum atomic E-state index is 13.1. The molecule has 0 aliphatic rings. The van der Waals surface area contributed by atoms with Crippen LogP contribution in [0.25, 0.3) is 22.6 Å². The van der Waals surface area contributed by atoms with Crippen LogP contribution in [-0.2, 0) is 0 Å². The second-order valence-corrected chi connectivity index (χ2v) is 7.96. The average molecular weight is 483 g/mol. The molecule has 13 heteroatoms. The molecule has 166 valence electrons. The molecule has 33 heavy (non-hydrogen) atoms. The van der Waals surface area contributed by atoms with Crippen molar-refractivity contribution in [2.45, 2.75) is 19.4 Å². The van der Waals surface area contributed by atoms with Gasteiger partial charge >= 0.3 is 0 Å². The quantitative estimate of drug-likeness (QED) is 0.394. The number of halogens is 2. The lowest BCUT2D eigenvalue weighted by Gasteiger charge is -2.16. The standard InChI is InChI=1S/C20H16Cl2N10O/c1-2-17(16-9-31(28-26-16)13-7-24-25-8-13)30-11-23-15(6-20(30)33)14-5-12(21)3-4-18(14)32-10-19(22)27-29-32/h3-11,17H,2H2,1H3,(H,24,25). The maximum Gasteiger partial charge on any atom is 0.254 e. The third kappa shape index (κ3) is 4.03. The Labute approximate surface area is 196 Å². The van der Waals surface area contributed by atoms with Crippen molar-refractivity contribution in [3.8, 4) is 22.6 Å². The zero-order valence-electron chi connectivity index (χ0n) is 17.2. The van der Waals surface area contributed by atoms with E-state index in [1.165, 1.54) is 21.6 Å². The van der Waals surface area contributed by atoms with Crippen molar-refractivity contribution in [1.29, 1.82) is 0 Å². The lowest BCUT2D eigenvalue weighted by Crippen LogP contribution is -2.25. The van der Waals surface area contributed by atoms with Crippen LogP contribution in [0.5, 0.6) is 0 Å². The van der Waals surface area contributed by atoms with E-state index in [9.17, 15) is 4.79 Å². The molecule has 1 aromatic carbocycles. The number of nitrogens with zero attached hydrogens (tertiary/aromatic N) is 9. The molecule has 4 aromatic heterocycles. The lowest BCUT2D eigenvalue weighted by molar-refractivity contribution is 0.526. The van der Waals surface area contributed by atoms with Gasteiger partial charge in [0.25, 0.3) is 5.56 Å². The van der Waals surface area contributed by atoms with Gasteiger partial charge in [0.2, 0.25) is 0 Å². The SMILES string of the molecule is CCC(c1cn(-c2cn[nH]c2)nn1)n1cnc(-c2cc(Cl)ccc2-n2cc(Cl)nn2)cc1=O. The summed E-state index contributed by atoms with van der Waals surface area (Å²) in [6.07, 6.45) is 8.78. The number of hydrogen-bond donors (Lipinski definition) is 1. The fourth-order valence-electron chi connectivity index (χ4n) is 3.54. The summed E-state index contributed by atoms with van der Waals surface area (Å²) in [7, 11) is 0. The summed E-state index contributed by atoms with van der Waals surface area (Å²) in [6.45, 7) is 1.96. The molecule has 5 aromatic rings. The van der Waals surface area contributed by atoms with Gasteiger partial charge in [0.05, 0.1) is 42.3 Å². The normalized spacial score (nSPS) is 12.2. The van der Waals surface area contributed by atoms with Crippen molar-refractivity contribution in [3.63, 3.8) is 0 Å². The Kier molecular flexibility index (Phi) is 5.48. The molecule has 0 radical (unpaired) electrons. The molecular formula is C20H16Cl2N10O. The summed E-state index contributed by atoms with van der Waals surface area (Å²) in [5.74, 6) is 0. The number of benzene rings is 1. The largest absolute Gasteiger partial charge is 0.290 e. The van der Waals surface area contributed by atoms with E-state index in [0.29, 0.717) is 34.1 Å². The highest BCUT2D eigenvalue weighted by atomic mass is 35.5. The van der Waals surface area contributed by atoms with Crippen LogP contribution >= 0.6 is 23.2 Å². The van der Waals surface area contributed by atoms with E-state index in [1.54, 1.807) is 47.7 Å². The van der Waals surface area contributed by atoms with Crippen molar-refractivity contribution < 1.29 is 0 Å². The molecule has 5 rings (SSSR count). The molecule has 11 nitrogen and oxygen atoms in total. The Morgan fingerprint density at radius 3 is 2.64 bits per heavy atom. The molecule has 1 N–H and O–H groups in total. The summed E-state index contributed by atoms with van der Waals surface area (Å²) in [5.41, 5.74) is 2.83. The monoisotopic (exact) mass is 482 g/mol. The number of aromatic nitrogens is 10. The van der Waals surface area contributed by atoms with Gasteiger partial charge in [-0.05, 0) is 24.6 Å². The predicted molar refractivity (Wildman–Crippen MR) is 121 cm³/mol. The Morgan fingerprint density at radius 2 is 1.94 bits per heavy atom. The molecule has 0 aliphatic carbocycles. The third-order valence-electron chi connectivity index (χ3n) is 5.11. The minimum atomic E-state index is -0.340. The first-order chi connectivity index (χ1) is 16.0. The van der Waals surface area contributed by atoms with Crippen molar-refractivity contribution in [2.24, 2.45) is 0 Å². The van der Waals surface area contributed by atoms with E-state index < -0.39 is 0 Å². The van der Waals surface area contributed by atoms with Crippen LogP contribution in [0, 0.1) is 0 Å². The first-order valence-electron chi connectivity index (χ1n) is 9.91. The Bertz CT molecular complexity index is 1470. The highest BCUT2D eigenvalue weighted by Gasteiger charge is 2.19. The highest BCUT2D eigenvalue weighted by molar-refractivity contribution is 6.31. The van der Waals surface area contributed by atoms with E-state index in [1.807, 2.05) is 6.92 Å². The van der Waals surface area contributed by atoms with E-state index in [-0.39, 0.29) is 16.8 Å². The van der Waals surface area contributed by atoms with Crippen LogP contribution in [0.3, 0.4) is 0 Å². The van der Waals surface area contributed by atoms with E-state index in [2.05, 4.69) is 35.8 Å². The van der Waals surface area contributed by atoms with E-state index in [4.69, 9.17) is 23.2 Å². The van der Waals surface area contributed by atoms with Crippen LogP contribution in [0.1, 0.15) is 25.1 Å². The summed E-state index contributed by atoms with van der Waals surface area (Å²) in [4.78, 5) is 17.7. The van der Waals surface area contributed by atoms with Crippen molar-refractivity contribution in [1.82, 2.24) is 49.7 Å². The maximum absolute atomic E-state index is 13.1. The summed E-state index contributed by atoms with van der Waals surface area (Å²) in [6, 6.07) is 6.31. The van der Waals surface area contributed by atoms with Gasteiger partial charge in [-0.2, -0.15) is 5.10 Å². The van der Waals surface area contributed by atoms with Crippen LogP contribution in [0.4, 0.5) is 0 Å². The van der Waals surface area contributed by atoms with E-state index >= 15 is 0 Å². The molecule has 1 unspecified atom stereocenters. The van der Waals surface area contributed by atoms with Crippen molar-refractivity contribution in [2.75, 3.05) is 0 Å². The van der Waals surface area contributed by atoms with Crippen molar-refractivity contribution >= 4 is 23.2 Å². The van der Waals surface area contributed by atoms with Gasteiger partial charge < -0.3 is 0 Å². The number of nitrogens with one attached hydrogen (secondary N) is 1. The predicted octanol–water partition coefficient (Wildman–Crippen LogP) is 3.10. The Hall–Kier alpha value is -3.83. The number of H-pyrrole nitrogens is 1. The topological polar surface area (TPSA) is 125 Å². The second kappa shape index (κ2) is 8.60. The van der Waals surface area contributed by atoms with Gasteiger partial charge in [0.1, 0.15) is 11.4 Å². The van der Waals surface area contributed by atoms with Gasteiger partial charge in [-0.15, -0.1) is 10.2 Å². The molecule has 0 saturated carbocycles. The zero-order valence-corrected chi connectivity index (χ0v) is 18.7. The molecule has 0 spiro atoms. The smallest absolute Gasteiger partial charge is 0.254 e. The molecule has 0 saturated heterocycles. The van der Waals surface area contributed by atoms with Crippen LogP contribution in [-0.4, -0.2) is 49.7 Å². The second-order valence-electron chi connectivity index (χ2n) is 7.14. The summed E-state index contributed by atoms with van der Waals surface area (Å²) >= 11 is 12.1. The van der Waals surface area contributed by atoms with E-state index in [0.717, 1.165) is 5.69 Å². The minimum absolute atomic E-state index is 0.243. The van der Waals surface area contributed by atoms with Gasteiger partial charge in [-0.25, -0.2) is 14.3 Å². The number of hydrogen-bond acceptors (Lipinski definition) is 7. The van der Waals surface area contributed by atoms with Crippen LogP contribution < -0.4 is 5.56 Å². The molecule has 0 fully saturated rings. The van der Waals surface area contributed by atoms with Gasteiger partial charge in [0, 0.05) is 22.8 Å². The number of rotatable bonds is 6. The van der Waals surface area contributed by atoms with Crippen LogP contribution in [0.2, 0.25) is 10.2 Å². The summed E-state index contributed by atoms with van der Waals surface area (Å²) < 4.78 is 4.63. The fraction of sp³-hybridized carbons (Fsp3) is 0.150. The minimum Gasteiger partial charge on any atom is -0.290 e. The van der Waals surface area contributed by atoms with Crippen molar-refractivity contribution in [3.05, 3.63) is 81.6 Å². The molecular weight excluding hydrogens is 467 g/mol. The third-order valence-corrected chi connectivity index (χ3v) is 5.51. The highest BCUT2D eigenvalue weighted by Crippen LogP contribution is 2.28. The van der Waals surface area contributed by atoms with Crippen LogP contribution in [0.15, 0.2) is 60.2 Å². The Balaban J connectivity index is 1.53. The molecule has 4 heterocycles. The molecule has 0 aliphatic heterocycles. The van der Waals surface area contributed by atoms with Gasteiger partial charge in [0.15, 0.2) is 5.15 Å². The zero-order chi connectivity index (χ0) is 22.9. The molecule has 0 bridgehead atoms. The first-order valence-corrected chi connectivity index (χ1v) is 10.7. The van der Waals surface area contributed by atoms with Gasteiger partial charge in [-0.3, -0.25) is 14.5 Å². The van der Waals surface area contributed by atoms with Gasteiger partial charge in [-0.1, -0.05) is 40.6 Å². The lowest BCUT2D eigenvalue weighted by atomic mass is 10.1. The number of aromatic amines is 1. The first kappa shape index (κ1) is 21.0. The molecule has 0 amide bonds. The fourth-order valence-corrected chi connectivity index (χ4v) is 3.84. The summed E-state index contributed by atoms with van der Waals surface area (Å²) in [5, 5.41) is 23.6. The molecule has 1 atom stereocenters. The Morgan fingerprint density at radius 1 is 1.09 bits per heavy atom. The average Bonchev–Trinajstić information content (AvgIpc) is 3.57.